The Morgan fingerprint density at radius 3 is 2.48 bits per heavy atom. The van der Waals surface area contributed by atoms with Gasteiger partial charge in [0.2, 0.25) is 11.8 Å². The van der Waals surface area contributed by atoms with Crippen LogP contribution in [0.15, 0.2) is 24.3 Å². The highest BCUT2D eigenvalue weighted by Crippen LogP contribution is 2.33. The van der Waals surface area contributed by atoms with Gasteiger partial charge >= 0.3 is 0 Å². The number of anilines is 1. The average molecular weight is 425 g/mol. The largest absolute Gasteiger partial charge is 0.368 e. The fourth-order valence-electron chi connectivity index (χ4n) is 4.07. The zero-order valence-corrected chi connectivity index (χ0v) is 18.4. The lowest BCUT2D eigenvalue weighted by Gasteiger charge is -2.34. The summed E-state index contributed by atoms with van der Waals surface area (Å²) in [5.74, 6) is 1.89. The summed E-state index contributed by atoms with van der Waals surface area (Å²) >= 11 is 0. The number of nitrogens with two attached hydrogens (primary N) is 1. The number of amides is 2. The van der Waals surface area contributed by atoms with Crippen molar-refractivity contribution in [1.29, 1.82) is 0 Å². The highest BCUT2D eigenvalue weighted by atomic mass is 16.2. The molecule has 8 heteroatoms. The third-order valence-electron chi connectivity index (χ3n) is 6.17. The van der Waals surface area contributed by atoms with Gasteiger partial charge in [-0.05, 0) is 36.8 Å². The van der Waals surface area contributed by atoms with Gasteiger partial charge in [-0.3, -0.25) is 14.5 Å². The smallest absolute Gasteiger partial charge is 0.240 e. The highest BCUT2D eigenvalue weighted by molar-refractivity contribution is 5.91. The van der Waals surface area contributed by atoms with Crippen LogP contribution in [0, 0.1) is 11.8 Å². The third kappa shape index (κ3) is 5.31. The molecule has 1 saturated carbocycles. The summed E-state index contributed by atoms with van der Waals surface area (Å²) in [5, 5.41) is 4.12. The SMILES string of the molecule is CC(C)C(Nc1nc(CN2CCN(C(=O)CC3CC3)CC2)nc2ccccc12)C(N)=O. The summed E-state index contributed by atoms with van der Waals surface area (Å²) in [4.78, 5) is 38.0. The van der Waals surface area contributed by atoms with E-state index in [1.54, 1.807) is 0 Å². The Bertz CT molecular complexity index is 950. The van der Waals surface area contributed by atoms with E-state index >= 15 is 0 Å². The predicted molar refractivity (Wildman–Crippen MR) is 120 cm³/mol. The normalized spacial score (nSPS) is 18.4. The van der Waals surface area contributed by atoms with Crippen molar-refractivity contribution in [1.82, 2.24) is 19.8 Å². The molecule has 2 fully saturated rings. The van der Waals surface area contributed by atoms with Crippen molar-refractivity contribution >= 4 is 28.5 Å². The number of hydrogen-bond acceptors (Lipinski definition) is 6. The van der Waals surface area contributed by atoms with Crippen molar-refractivity contribution in [3.63, 3.8) is 0 Å². The Hall–Kier alpha value is -2.74. The van der Waals surface area contributed by atoms with E-state index < -0.39 is 11.9 Å². The number of carbonyl (C=O) groups is 2. The number of rotatable bonds is 8. The van der Waals surface area contributed by atoms with Crippen LogP contribution in [0.2, 0.25) is 0 Å². The predicted octanol–water partition coefficient (Wildman–Crippen LogP) is 2.00. The minimum Gasteiger partial charge on any atom is -0.368 e. The molecule has 2 amide bonds. The lowest BCUT2D eigenvalue weighted by atomic mass is 10.0. The van der Waals surface area contributed by atoms with E-state index in [0.717, 1.165) is 37.1 Å². The summed E-state index contributed by atoms with van der Waals surface area (Å²) in [6.07, 6.45) is 3.11. The number of aromatic nitrogens is 2. The lowest BCUT2D eigenvalue weighted by molar-refractivity contribution is -0.133. The standard InChI is InChI=1S/C23H32N6O2/c1-15(2)21(22(24)31)27-23-17-5-3-4-6-18(17)25-19(26-23)14-28-9-11-29(12-10-28)20(30)13-16-7-8-16/h3-6,15-16,21H,7-14H2,1-2H3,(H2,24,31)(H,25,26,27). The van der Waals surface area contributed by atoms with Crippen LogP contribution in [-0.4, -0.2) is 63.8 Å². The summed E-state index contributed by atoms with van der Waals surface area (Å²) in [6, 6.07) is 7.27. The number of hydrogen-bond donors (Lipinski definition) is 2. The fourth-order valence-corrected chi connectivity index (χ4v) is 4.07. The van der Waals surface area contributed by atoms with E-state index in [-0.39, 0.29) is 5.92 Å². The first kappa shape index (κ1) is 21.5. The maximum Gasteiger partial charge on any atom is 0.240 e. The van der Waals surface area contributed by atoms with Crippen molar-refractivity contribution in [3.05, 3.63) is 30.1 Å². The van der Waals surface area contributed by atoms with Crippen LogP contribution < -0.4 is 11.1 Å². The summed E-state index contributed by atoms with van der Waals surface area (Å²) < 4.78 is 0. The van der Waals surface area contributed by atoms with Crippen LogP contribution in [0.5, 0.6) is 0 Å². The van der Waals surface area contributed by atoms with E-state index in [4.69, 9.17) is 15.7 Å². The summed E-state index contributed by atoms with van der Waals surface area (Å²) in [6.45, 7) is 7.64. The van der Waals surface area contributed by atoms with Gasteiger partial charge < -0.3 is 16.0 Å². The Balaban J connectivity index is 1.46. The van der Waals surface area contributed by atoms with Gasteiger partial charge in [-0.25, -0.2) is 9.97 Å². The van der Waals surface area contributed by atoms with Crippen LogP contribution in [0.25, 0.3) is 10.9 Å². The number of nitrogens with one attached hydrogen (secondary N) is 1. The molecule has 1 aromatic carbocycles. The van der Waals surface area contributed by atoms with Gasteiger partial charge in [0, 0.05) is 38.0 Å². The fraction of sp³-hybridized carbons (Fsp3) is 0.565. The molecule has 1 aromatic heterocycles. The highest BCUT2D eigenvalue weighted by Gasteiger charge is 2.29. The number of fused-ring (bicyclic) bond motifs is 1. The molecular weight excluding hydrogens is 392 g/mol. The average Bonchev–Trinajstić information content (AvgIpc) is 3.56. The number of piperazine rings is 1. The molecule has 1 aliphatic carbocycles. The third-order valence-corrected chi connectivity index (χ3v) is 6.17. The van der Waals surface area contributed by atoms with Crippen LogP contribution in [0.3, 0.4) is 0 Å². The molecule has 4 rings (SSSR count). The first-order valence-corrected chi connectivity index (χ1v) is 11.2. The van der Waals surface area contributed by atoms with E-state index in [1.165, 1.54) is 12.8 Å². The monoisotopic (exact) mass is 424 g/mol. The number of nitrogens with zero attached hydrogens (tertiary/aromatic N) is 4. The molecule has 2 aliphatic rings. The van der Waals surface area contributed by atoms with Crippen LogP contribution in [0.1, 0.15) is 38.9 Å². The molecule has 166 valence electrons. The van der Waals surface area contributed by atoms with Gasteiger partial charge in [0.25, 0.3) is 0 Å². The maximum atomic E-state index is 12.4. The zero-order chi connectivity index (χ0) is 22.0. The van der Waals surface area contributed by atoms with E-state index in [0.29, 0.717) is 36.4 Å². The second kappa shape index (κ2) is 9.18. The number of primary amides is 1. The van der Waals surface area contributed by atoms with Gasteiger partial charge in [0.15, 0.2) is 0 Å². The molecule has 2 aromatic rings. The molecule has 0 radical (unpaired) electrons. The van der Waals surface area contributed by atoms with Gasteiger partial charge in [0.05, 0.1) is 12.1 Å². The second-order valence-electron chi connectivity index (χ2n) is 9.08. The van der Waals surface area contributed by atoms with Gasteiger partial charge in [-0.15, -0.1) is 0 Å². The molecule has 0 spiro atoms. The van der Waals surface area contributed by atoms with Crippen molar-refractivity contribution < 1.29 is 9.59 Å². The molecule has 2 heterocycles. The Morgan fingerprint density at radius 2 is 1.84 bits per heavy atom. The topological polar surface area (TPSA) is 104 Å². The van der Waals surface area contributed by atoms with Crippen LogP contribution >= 0.6 is 0 Å². The lowest BCUT2D eigenvalue weighted by Crippen LogP contribution is -2.48. The van der Waals surface area contributed by atoms with E-state index in [9.17, 15) is 9.59 Å². The summed E-state index contributed by atoms with van der Waals surface area (Å²) in [7, 11) is 0. The van der Waals surface area contributed by atoms with Gasteiger partial charge in [0.1, 0.15) is 17.7 Å². The van der Waals surface area contributed by atoms with Crippen molar-refractivity contribution in [3.8, 4) is 0 Å². The molecule has 1 saturated heterocycles. The molecule has 0 bridgehead atoms. The van der Waals surface area contributed by atoms with Crippen LogP contribution in [-0.2, 0) is 16.1 Å². The molecule has 1 aliphatic heterocycles. The molecular formula is C23H32N6O2. The van der Waals surface area contributed by atoms with Crippen molar-refractivity contribution in [2.75, 3.05) is 31.5 Å². The quantitative estimate of drug-likeness (QED) is 0.672. The molecule has 8 nitrogen and oxygen atoms in total. The Kier molecular flexibility index (Phi) is 6.36. The van der Waals surface area contributed by atoms with Gasteiger partial charge in [-0.1, -0.05) is 26.0 Å². The molecule has 1 unspecified atom stereocenters. The van der Waals surface area contributed by atoms with Crippen LogP contribution in [0.4, 0.5) is 5.82 Å². The second-order valence-corrected chi connectivity index (χ2v) is 9.08. The first-order chi connectivity index (χ1) is 14.9. The van der Waals surface area contributed by atoms with E-state index in [2.05, 4.69) is 10.2 Å². The summed E-state index contributed by atoms with van der Waals surface area (Å²) in [5.41, 5.74) is 6.44. The van der Waals surface area contributed by atoms with Crippen molar-refractivity contribution in [2.24, 2.45) is 17.6 Å². The molecule has 3 N–H and O–H groups in total. The Labute approximate surface area is 183 Å². The minimum absolute atomic E-state index is 0.0379. The molecule has 31 heavy (non-hydrogen) atoms. The maximum absolute atomic E-state index is 12.4. The number of carbonyl (C=O) groups excluding carboxylic acids is 2. The van der Waals surface area contributed by atoms with Gasteiger partial charge in [-0.2, -0.15) is 0 Å². The number of benzene rings is 1. The first-order valence-electron chi connectivity index (χ1n) is 11.2. The zero-order valence-electron chi connectivity index (χ0n) is 18.4. The number of para-hydroxylation sites is 1. The molecule has 1 atom stereocenters. The van der Waals surface area contributed by atoms with Crippen molar-refractivity contribution in [2.45, 2.75) is 45.7 Å². The van der Waals surface area contributed by atoms with E-state index in [1.807, 2.05) is 43.0 Å². The Morgan fingerprint density at radius 1 is 1.13 bits per heavy atom. The minimum atomic E-state index is -0.507.